The van der Waals surface area contributed by atoms with Gasteiger partial charge in [0.15, 0.2) is 0 Å². The molecule has 0 amide bonds. The predicted molar refractivity (Wildman–Crippen MR) is 58.5 cm³/mol. The van der Waals surface area contributed by atoms with Crippen LogP contribution in [0.15, 0.2) is 18.2 Å². The number of alkyl halides is 3. The zero-order chi connectivity index (χ0) is 11.5. The van der Waals surface area contributed by atoms with Crippen LogP contribution in [-0.2, 0) is 17.4 Å². The summed E-state index contributed by atoms with van der Waals surface area (Å²) in [6.45, 7) is 0. The maximum atomic E-state index is 12.5. The molecule has 0 saturated heterocycles. The number of rotatable bonds is 3. The summed E-state index contributed by atoms with van der Waals surface area (Å²) in [5.41, 5.74) is -0.0960. The summed E-state index contributed by atoms with van der Waals surface area (Å²) in [5.74, 6) is 0. The maximum absolute atomic E-state index is 12.5. The Hall–Kier alpha value is -0.590. The Morgan fingerprint density at radius 1 is 1.33 bits per heavy atom. The van der Waals surface area contributed by atoms with Gasteiger partial charge in [0.25, 0.3) is 0 Å². The Morgan fingerprint density at radius 2 is 2.00 bits per heavy atom. The molecule has 0 bridgehead atoms. The molecule has 0 N–H and O–H groups in total. The summed E-state index contributed by atoms with van der Waals surface area (Å²) < 4.78 is 37.6. The molecule has 0 unspecified atom stereocenters. The van der Waals surface area contributed by atoms with E-state index in [1.54, 1.807) is 28.7 Å². The molecular formula is C10H8F3IO. The van der Waals surface area contributed by atoms with Gasteiger partial charge in [-0.3, -0.25) is 0 Å². The summed E-state index contributed by atoms with van der Waals surface area (Å²) in [6, 6.07) is 4.13. The first kappa shape index (κ1) is 12.5. The van der Waals surface area contributed by atoms with Crippen molar-refractivity contribution in [1.29, 1.82) is 0 Å². The number of carbonyl (C=O) groups is 1. The molecule has 82 valence electrons. The van der Waals surface area contributed by atoms with Crippen molar-refractivity contribution in [3.8, 4) is 0 Å². The summed E-state index contributed by atoms with van der Waals surface area (Å²) in [7, 11) is 0. The highest BCUT2D eigenvalue weighted by atomic mass is 127. The first-order chi connectivity index (χ1) is 6.95. The molecule has 0 spiro atoms. The van der Waals surface area contributed by atoms with E-state index in [2.05, 4.69) is 0 Å². The number of benzene rings is 1. The van der Waals surface area contributed by atoms with Crippen molar-refractivity contribution in [3.63, 3.8) is 0 Å². The molecule has 0 saturated carbocycles. The third-order valence-corrected chi connectivity index (χ3v) is 2.83. The molecule has 0 aliphatic rings. The average Bonchev–Trinajstić information content (AvgIpc) is 2.15. The Bertz CT molecular complexity index is 360. The van der Waals surface area contributed by atoms with Crippen molar-refractivity contribution < 1.29 is 18.0 Å². The minimum absolute atomic E-state index is 0.176. The van der Waals surface area contributed by atoms with Gasteiger partial charge in [-0.05, 0) is 46.7 Å². The topological polar surface area (TPSA) is 17.1 Å². The molecule has 1 nitrogen and oxygen atoms in total. The third kappa shape index (κ3) is 3.48. The number of hydrogen-bond donors (Lipinski definition) is 0. The zero-order valence-corrected chi connectivity index (χ0v) is 9.80. The summed E-state index contributed by atoms with van der Waals surface area (Å²) in [5, 5.41) is 0. The predicted octanol–water partition coefficient (Wildman–Crippen LogP) is 3.44. The van der Waals surface area contributed by atoms with Crippen LogP contribution >= 0.6 is 22.6 Å². The number of hydrogen-bond acceptors (Lipinski definition) is 1. The van der Waals surface area contributed by atoms with Crippen molar-refractivity contribution in [2.24, 2.45) is 0 Å². The Balaban J connectivity index is 3.00. The number of aldehydes is 1. The van der Waals surface area contributed by atoms with E-state index in [0.717, 1.165) is 6.07 Å². The van der Waals surface area contributed by atoms with Gasteiger partial charge in [-0.1, -0.05) is 6.07 Å². The van der Waals surface area contributed by atoms with Crippen LogP contribution in [0.5, 0.6) is 0 Å². The second kappa shape index (κ2) is 4.96. The normalized spacial score (nSPS) is 11.5. The maximum Gasteiger partial charge on any atom is 0.417 e. The van der Waals surface area contributed by atoms with Crippen molar-refractivity contribution in [2.45, 2.75) is 19.0 Å². The van der Waals surface area contributed by atoms with Gasteiger partial charge < -0.3 is 4.79 Å². The van der Waals surface area contributed by atoms with Crippen molar-refractivity contribution in [2.75, 3.05) is 0 Å². The fraction of sp³-hybridized carbons (Fsp3) is 0.300. The van der Waals surface area contributed by atoms with Crippen LogP contribution < -0.4 is 0 Å². The van der Waals surface area contributed by atoms with E-state index in [0.29, 0.717) is 18.3 Å². The largest absolute Gasteiger partial charge is 0.417 e. The molecule has 0 fully saturated rings. The monoisotopic (exact) mass is 328 g/mol. The van der Waals surface area contributed by atoms with E-state index in [1.165, 1.54) is 6.07 Å². The van der Waals surface area contributed by atoms with Crippen LogP contribution in [-0.4, -0.2) is 6.29 Å². The standard InChI is InChI=1S/C10H8F3IO/c11-10(12,13)8-6-7(2-1-5-15)3-4-9(8)14/h3-6H,1-2H2. The van der Waals surface area contributed by atoms with Crippen LogP contribution in [0.3, 0.4) is 0 Å². The quantitative estimate of drug-likeness (QED) is 0.614. The summed E-state index contributed by atoms with van der Waals surface area (Å²) in [4.78, 5) is 10.1. The highest BCUT2D eigenvalue weighted by molar-refractivity contribution is 14.1. The Kier molecular flexibility index (Phi) is 4.12. The van der Waals surface area contributed by atoms with Crippen molar-refractivity contribution in [1.82, 2.24) is 0 Å². The van der Waals surface area contributed by atoms with Gasteiger partial charge in [0.1, 0.15) is 6.29 Å². The highest BCUT2D eigenvalue weighted by Gasteiger charge is 2.32. The number of aryl methyl sites for hydroxylation is 1. The molecule has 0 aliphatic carbocycles. The second-order valence-corrected chi connectivity index (χ2v) is 4.18. The van der Waals surface area contributed by atoms with Gasteiger partial charge in [0.2, 0.25) is 0 Å². The lowest BCUT2D eigenvalue weighted by Crippen LogP contribution is -2.08. The van der Waals surface area contributed by atoms with Gasteiger partial charge in [-0.25, -0.2) is 0 Å². The van der Waals surface area contributed by atoms with E-state index in [-0.39, 0.29) is 9.99 Å². The molecule has 0 aromatic heterocycles. The van der Waals surface area contributed by atoms with Crippen LogP contribution in [0.25, 0.3) is 0 Å². The van der Waals surface area contributed by atoms with E-state index < -0.39 is 11.7 Å². The second-order valence-electron chi connectivity index (χ2n) is 3.02. The van der Waals surface area contributed by atoms with Gasteiger partial charge in [-0.15, -0.1) is 0 Å². The molecule has 0 heterocycles. The molecule has 15 heavy (non-hydrogen) atoms. The molecular weight excluding hydrogens is 320 g/mol. The molecule has 0 atom stereocenters. The first-order valence-electron chi connectivity index (χ1n) is 4.24. The Morgan fingerprint density at radius 3 is 2.53 bits per heavy atom. The van der Waals surface area contributed by atoms with Crippen molar-refractivity contribution in [3.05, 3.63) is 32.9 Å². The van der Waals surface area contributed by atoms with E-state index >= 15 is 0 Å². The smallest absolute Gasteiger partial charge is 0.303 e. The lowest BCUT2D eigenvalue weighted by Gasteiger charge is -2.10. The Labute approximate surface area is 98.8 Å². The van der Waals surface area contributed by atoms with Gasteiger partial charge in [0, 0.05) is 9.99 Å². The van der Waals surface area contributed by atoms with Crippen LogP contribution in [0, 0.1) is 3.57 Å². The summed E-state index contributed by atoms with van der Waals surface area (Å²) >= 11 is 1.65. The SMILES string of the molecule is O=CCCc1ccc(I)c(C(F)(F)F)c1. The van der Waals surface area contributed by atoms with E-state index in [9.17, 15) is 18.0 Å². The fourth-order valence-electron chi connectivity index (χ4n) is 1.17. The lowest BCUT2D eigenvalue weighted by molar-refractivity contribution is -0.138. The fourth-order valence-corrected chi connectivity index (χ4v) is 1.81. The van der Waals surface area contributed by atoms with Crippen molar-refractivity contribution >= 4 is 28.9 Å². The molecule has 1 aromatic carbocycles. The minimum atomic E-state index is -4.33. The van der Waals surface area contributed by atoms with Gasteiger partial charge in [-0.2, -0.15) is 13.2 Å². The highest BCUT2D eigenvalue weighted by Crippen LogP contribution is 2.33. The van der Waals surface area contributed by atoms with Crippen LogP contribution in [0.4, 0.5) is 13.2 Å². The van der Waals surface area contributed by atoms with Gasteiger partial charge in [0.05, 0.1) is 5.56 Å². The molecule has 5 heteroatoms. The minimum Gasteiger partial charge on any atom is -0.303 e. The molecule has 1 rings (SSSR count). The molecule has 0 radical (unpaired) electrons. The summed E-state index contributed by atoms with van der Waals surface area (Å²) in [6.07, 6.45) is -3.03. The zero-order valence-electron chi connectivity index (χ0n) is 7.64. The van der Waals surface area contributed by atoms with E-state index in [1.807, 2.05) is 0 Å². The number of carbonyl (C=O) groups excluding carboxylic acids is 1. The van der Waals surface area contributed by atoms with Gasteiger partial charge >= 0.3 is 6.18 Å². The first-order valence-corrected chi connectivity index (χ1v) is 5.32. The van der Waals surface area contributed by atoms with Crippen LogP contribution in [0.2, 0.25) is 0 Å². The average molecular weight is 328 g/mol. The number of halogens is 4. The van der Waals surface area contributed by atoms with E-state index in [4.69, 9.17) is 0 Å². The van der Waals surface area contributed by atoms with Crippen LogP contribution in [0.1, 0.15) is 17.5 Å². The molecule has 0 aliphatic heterocycles. The third-order valence-electron chi connectivity index (χ3n) is 1.89. The lowest BCUT2D eigenvalue weighted by atomic mass is 10.1. The molecule has 1 aromatic rings.